The van der Waals surface area contributed by atoms with Crippen molar-refractivity contribution in [2.75, 3.05) is 13.1 Å². The summed E-state index contributed by atoms with van der Waals surface area (Å²) in [5.74, 6) is 0.568. The number of rotatable bonds is 3. The summed E-state index contributed by atoms with van der Waals surface area (Å²) in [4.78, 5) is 2.61. The largest absolute Gasteiger partial charge is 0.393 e. The first-order valence-corrected chi connectivity index (χ1v) is 8.04. The molecule has 3 atom stereocenters. The van der Waals surface area contributed by atoms with Gasteiger partial charge in [0.25, 0.3) is 0 Å². The fraction of sp³-hybridized carbons (Fsp3) is 1.00. The van der Waals surface area contributed by atoms with Crippen LogP contribution in [0, 0.1) is 11.3 Å². The van der Waals surface area contributed by atoms with E-state index in [1.165, 1.54) is 25.7 Å². The third-order valence-corrected chi connectivity index (χ3v) is 5.00. The van der Waals surface area contributed by atoms with Crippen LogP contribution in [-0.2, 0) is 0 Å². The number of nitrogens with zero attached hydrogens (tertiary/aromatic N) is 1. The molecule has 1 heterocycles. The Bertz CT molecular complexity index is 281. The van der Waals surface area contributed by atoms with Crippen LogP contribution in [0.5, 0.6) is 0 Å². The molecule has 1 saturated carbocycles. The highest BCUT2D eigenvalue weighted by Crippen LogP contribution is 2.32. The topological polar surface area (TPSA) is 49.5 Å². The Morgan fingerprint density at radius 1 is 1.21 bits per heavy atom. The second kappa shape index (κ2) is 6.11. The summed E-state index contributed by atoms with van der Waals surface area (Å²) in [5, 5.41) is 10.3. The Morgan fingerprint density at radius 2 is 1.84 bits per heavy atom. The molecule has 2 fully saturated rings. The molecule has 3 heteroatoms. The van der Waals surface area contributed by atoms with Gasteiger partial charge in [0.1, 0.15) is 0 Å². The van der Waals surface area contributed by atoms with Crippen LogP contribution < -0.4 is 5.73 Å². The molecule has 112 valence electrons. The minimum atomic E-state index is -0.215. The molecular weight excluding hydrogens is 236 g/mol. The van der Waals surface area contributed by atoms with Crippen LogP contribution in [0.15, 0.2) is 0 Å². The van der Waals surface area contributed by atoms with Crippen molar-refractivity contribution in [3.05, 3.63) is 0 Å². The lowest BCUT2D eigenvalue weighted by Crippen LogP contribution is -2.51. The Balaban J connectivity index is 1.90. The number of nitrogens with two attached hydrogens (primary N) is 1. The lowest BCUT2D eigenvalue weighted by Gasteiger charge is -2.41. The fourth-order valence-corrected chi connectivity index (χ4v) is 3.69. The van der Waals surface area contributed by atoms with Gasteiger partial charge in [-0.3, -0.25) is 4.90 Å². The molecule has 0 aromatic rings. The van der Waals surface area contributed by atoms with Crippen LogP contribution in [0.4, 0.5) is 0 Å². The van der Waals surface area contributed by atoms with E-state index in [1.54, 1.807) is 0 Å². The summed E-state index contributed by atoms with van der Waals surface area (Å²) in [7, 11) is 0. The summed E-state index contributed by atoms with van der Waals surface area (Å²) in [6, 6.07) is 1.06. The third kappa shape index (κ3) is 4.17. The van der Waals surface area contributed by atoms with Crippen molar-refractivity contribution in [2.45, 2.75) is 77.5 Å². The Kier molecular flexibility index (Phi) is 4.91. The number of hydrogen-bond acceptors (Lipinski definition) is 3. The summed E-state index contributed by atoms with van der Waals surface area (Å²) < 4.78 is 0. The van der Waals surface area contributed by atoms with E-state index in [1.807, 2.05) is 0 Å². The molecular formula is C16H32N2O. The van der Waals surface area contributed by atoms with Gasteiger partial charge in [0.15, 0.2) is 0 Å². The van der Waals surface area contributed by atoms with Crippen molar-refractivity contribution in [2.24, 2.45) is 17.1 Å². The predicted octanol–water partition coefficient (Wildman–Crippen LogP) is 2.38. The number of aliphatic hydroxyl groups is 1. The molecule has 1 aliphatic carbocycles. The van der Waals surface area contributed by atoms with E-state index < -0.39 is 0 Å². The van der Waals surface area contributed by atoms with E-state index >= 15 is 0 Å². The monoisotopic (exact) mass is 268 g/mol. The van der Waals surface area contributed by atoms with E-state index in [2.05, 4.69) is 25.7 Å². The quantitative estimate of drug-likeness (QED) is 0.826. The summed E-state index contributed by atoms with van der Waals surface area (Å²) in [6.45, 7) is 8.57. The molecule has 19 heavy (non-hydrogen) atoms. The Labute approximate surface area is 118 Å². The van der Waals surface area contributed by atoms with Gasteiger partial charge in [0, 0.05) is 25.2 Å². The van der Waals surface area contributed by atoms with Crippen LogP contribution in [0.3, 0.4) is 0 Å². The maximum atomic E-state index is 10.3. The first-order valence-electron chi connectivity index (χ1n) is 8.04. The Morgan fingerprint density at radius 3 is 2.42 bits per heavy atom. The zero-order chi connectivity index (χ0) is 14.0. The van der Waals surface area contributed by atoms with E-state index in [-0.39, 0.29) is 11.5 Å². The highest BCUT2D eigenvalue weighted by Gasteiger charge is 2.33. The van der Waals surface area contributed by atoms with Gasteiger partial charge in [-0.25, -0.2) is 0 Å². The van der Waals surface area contributed by atoms with Gasteiger partial charge < -0.3 is 10.8 Å². The average molecular weight is 268 g/mol. The van der Waals surface area contributed by atoms with Gasteiger partial charge in [-0.05, 0) is 37.0 Å². The zero-order valence-corrected chi connectivity index (χ0v) is 12.9. The van der Waals surface area contributed by atoms with Crippen LogP contribution in [0.25, 0.3) is 0 Å². The molecule has 0 aromatic carbocycles. The number of piperidine rings is 1. The normalized spacial score (nSPS) is 32.7. The standard InChI is InChI=1S/C16H32N2O/c1-16(2,3)15(19)9-12-8-13(17)11-18(10-12)14-6-4-5-7-14/h12-15,19H,4-11,17H2,1-3H3. The van der Waals surface area contributed by atoms with Gasteiger partial charge >= 0.3 is 0 Å². The molecule has 3 N–H and O–H groups in total. The fourth-order valence-electron chi connectivity index (χ4n) is 3.69. The molecule has 1 aliphatic heterocycles. The molecule has 0 amide bonds. The van der Waals surface area contributed by atoms with Gasteiger partial charge in [0.05, 0.1) is 6.10 Å². The summed E-state index contributed by atoms with van der Waals surface area (Å²) >= 11 is 0. The number of hydrogen-bond donors (Lipinski definition) is 2. The number of aliphatic hydroxyl groups excluding tert-OH is 1. The van der Waals surface area contributed by atoms with Crippen LogP contribution in [0.2, 0.25) is 0 Å². The Hall–Kier alpha value is -0.120. The third-order valence-electron chi connectivity index (χ3n) is 5.00. The molecule has 0 aromatic heterocycles. The molecule has 3 nitrogen and oxygen atoms in total. The lowest BCUT2D eigenvalue weighted by atomic mass is 9.80. The van der Waals surface area contributed by atoms with Gasteiger partial charge in [-0.2, -0.15) is 0 Å². The molecule has 1 saturated heterocycles. The highest BCUT2D eigenvalue weighted by atomic mass is 16.3. The molecule has 0 bridgehead atoms. The summed E-state index contributed by atoms with van der Waals surface area (Å²) in [6.07, 6.45) is 7.23. The van der Waals surface area contributed by atoms with Crippen molar-refractivity contribution in [3.8, 4) is 0 Å². The first-order chi connectivity index (χ1) is 8.86. The number of likely N-dealkylation sites (tertiary alicyclic amines) is 1. The van der Waals surface area contributed by atoms with Crippen LogP contribution in [-0.4, -0.2) is 41.3 Å². The summed E-state index contributed by atoms with van der Waals surface area (Å²) in [5.41, 5.74) is 6.23. The maximum Gasteiger partial charge on any atom is 0.0591 e. The van der Waals surface area contributed by atoms with Crippen molar-refractivity contribution >= 4 is 0 Å². The zero-order valence-electron chi connectivity index (χ0n) is 12.9. The van der Waals surface area contributed by atoms with Crippen molar-refractivity contribution in [1.82, 2.24) is 4.90 Å². The van der Waals surface area contributed by atoms with E-state index in [0.29, 0.717) is 12.0 Å². The first kappa shape index (κ1) is 15.3. The van der Waals surface area contributed by atoms with Gasteiger partial charge in [-0.1, -0.05) is 33.6 Å². The van der Waals surface area contributed by atoms with Crippen molar-refractivity contribution < 1.29 is 5.11 Å². The maximum absolute atomic E-state index is 10.3. The second-order valence-corrected chi connectivity index (χ2v) is 7.87. The molecule has 0 radical (unpaired) electrons. The molecule has 2 rings (SSSR count). The van der Waals surface area contributed by atoms with E-state index in [9.17, 15) is 5.11 Å². The minimum Gasteiger partial charge on any atom is -0.393 e. The SMILES string of the molecule is CC(C)(C)C(O)CC1CC(N)CN(C2CCCC2)C1. The van der Waals surface area contributed by atoms with Crippen LogP contribution >= 0.6 is 0 Å². The van der Waals surface area contributed by atoms with Crippen molar-refractivity contribution in [3.63, 3.8) is 0 Å². The average Bonchev–Trinajstić information content (AvgIpc) is 2.80. The van der Waals surface area contributed by atoms with Crippen molar-refractivity contribution in [1.29, 1.82) is 0 Å². The smallest absolute Gasteiger partial charge is 0.0591 e. The van der Waals surface area contributed by atoms with Gasteiger partial charge in [-0.15, -0.1) is 0 Å². The molecule has 2 aliphatic rings. The lowest BCUT2D eigenvalue weighted by molar-refractivity contribution is 0.0180. The molecule has 3 unspecified atom stereocenters. The van der Waals surface area contributed by atoms with Crippen LogP contribution in [0.1, 0.15) is 59.3 Å². The van der Waals surface area contributed by atoms with E-state index in [0.717, 1.165) is 32.0 Å². The minimum absolute atomic E-state index is 0.0142. The van der Waals surface area contributed by atoms with Gasteiger partial charge in [0.2, 0.25) is 0 Å². The predicted molar refractivity (Wildman–Crippen MR) is 80.0 cm³/mol. The van der Waals surface area contributed by atoms with E-state index in [4.69, 9.17) is 5.73 Å². The second-order valence-electron chi connectivity index (χ2n) is 7.87. The highest BCUT2D eigenvalue weighted by molar-refractivity contribution is 4.89. The molecule has 0 spiro atoms.